The molecule has 2 aromatic heterocycles. The average Bonchev–Trinajstić information content (AvgIpc) is 3.03. The van der Waals surface area contributed by atoms with Crippen LogP contribution in [0.1, 0.15) is 18.5 Å². The average molecular weight is 285 g/mol. The molecule has 5 nitrogen and oxygen atoms in total. The lowest BCUT2D eigenvalue weighted by Crippen LogP contribution is -2.38. The third-order valence-corrected chi connectivity index (χ3v) is 4.36. The molecule has 0 saturated carbocycles. The maximum Gasteiger partial charge on any atom is 0.158 e. The summed E-state index contributed by atoms with van der Waals surface area (Å²) < 4.78 is 0. The van der Waals surface area contributed by atoms with Crippen molar-refractivity contribution in [3.8, 4) is 6.07 Å². The zero-order valence-corrected chi connectivity index (χ0v) is 11.8. The van der Waals surface area contributed by atoms with Gasteiger partial charge in [0.2, 0.25) is 0 Å². The molecule has 3 rings (SSSR count). The van der Waals surface area contributed by atoms with Crippen molar-refractivity contribution in [3.63, 3.8) is 0 Å². The Bertz CT molecular complexity index is 579. The van der Waals surface area contributed by atoms with Crippen LogP contribution in [0.2, 0.25) is 0 Å². The summed E-state index contributed by atoms with van der Waals surface area (Å²) in [7, 11) is 0. The van der Waals surface area contributed by atoms with E-state index >= 15 is 0 Å². The Kier molecular flexibility index (Phi) is 3.79. The Morgan fingerprint density at radius 1 is 1.30 bits per heavy atom. The second kappa shape index (κ2) is 5.88. The van der Waals surface area contributed by atoms with Crippen molar-refractivity contribution in [1.29, 1.82) is 5.26 Å². The van der Waals surface area contributed by atoms with Crippen molar-refractivity contribution in [2.75, 3.05) is 23.3 Å². The minimum Gasteiger partial charge on any atom is -0.366 e. The molecular formula is C14H15N5S. The highest BCUT2D eigenvalue weighted by atomic mass is 32.1. The molecule has 1 aliphatic rings. The fourth-order valence-corrected chi connectivity index (χ4v) is 3.15. The van der Waals surface area contributed by atoms with Gasteiger partial charge in [-0.2, -0.15) is 5.26 Å². The van der Waals surface area contributed by atoms with Crippen molar-refractivity contribution >= 4 is 22.2 Å². The number of nitrogens with one attached hydrogen (secondary N) is 1. The van der Waals surface area contributed by atoms with E-state index < -0.39 is 0 Å². The summed E-state index contributed by atoms with van der Waals surface area (Å²) in [4.78, 5) is 10.7. The van der Waals surface area contributed by atoms with E-state index in [0.717, 1.165) is 31.7 Å². The van der Waals surface area contributed by atoms with Gasteiger partial charge in [0.15, 0.2) is 5.69 Å². The second-order valence-electron chi connectivity index (χ2n) is 4.76. The summed E-state index contributed by atoms with van der Waals surface area (Å²) in [5.41, 5.74) is 0.350. The standard InChI is InChI=1S/C14H15N5S/c15-8-12-9-17-13(10-16-12)18-11-3-5-19(6-4-11)14-2-1-7-20-14/h1-2,7,9-11H,3-6H2,(H,17,18). The van der Waals surface area contributed by atoms with E-state index in [1.807, 2.05) is 6.07 Å². The van der Waals surface area contributed by atoms with E-state index in [4.69, 9.17) is 5.26 Å². The zero-order chi connectivity index (χ0) is 13.8. The third kappa shape index (κ3) is 2.89. The van der Waals surface area contributed by atoms with E-state index in [1.165, 1.54) is 11.2 Å². The number of rotatable bonds is 3. The molecular weight excluding hydrogens is 270 g/mol. The number of piperidine rings is 1. The first kappa shape index (κ1) is 12.9. The van der Waals surface area contributed by atoms with E-state index in [-0.39, 0.29) is 0 Å². The molecule has 0 bridgehead atoms. The lowest BCUT2D eigenvalue weighted by molar-refractivity contribution is 0.527. The number of aromatic nitrogens is 2. The maximum absolute atomic E-state index is 8.69. The monoisotopic (exact) mass is 285 g/mol. The molecule has 1 saturated heterocycles. The maximum atomic E-state index is 8.69. The molecule has 20 heavy (non-hydrogen) atoms. The number of nitriles is 1. The van der Waals surface area contributed by atoms with Crippen molar-refractivity contribution in [2.45, 2.75) is 18.9 Å². The van der Waals surface area contributed by atoms with E-state index in [0.29, 0.717) is 11.7 Å². The first-order valence-corrected chi connectivity index (χ1v) is 7.50. The molecule has 102 valence electrons. The molecule has 0 amide bonds. The third-order valence-electron chi connectivity index (χ3n) is 3.43. The number of nitrogens with zero attached hydrogens (tertiary/aromatic N) is 4. The molecule has 1 aliphatic heterocycles. The van der Waals surface area contributed by atoms with Crippen LogP contribution in [0.5, 0.6) is 0 Å². The van der Waals surface area contributed by atoms with Crippen molar-refractivity contribution in [2.24, 2.45) is 0 Å². The van der Waals surface area contributed by atoms with Gasteiger partial charge in [0.1, 0.15) is 11.9 Å². The zero-order valence-electron chi connectivity index (χ0n) is 11.0. The van der Waals surface area contributed by atoms with E-state index in [2.05, 4.69) is 37.7 Å². The molecule has 0 spiro atoms. The molecule has 0 aliphatic carbocycles. The van der Waals surface area contributed by atoms with Crippen LogP contribution in [-0.2, 0) is 0 Å². The number of hydrogen-bond acceptors (Lipinski definition) is 6. The quantitative estimate of drug-likeness (QED) is 0.938. The van der Waals surface area contributed by atoms with Crippen LogP contribution in [0.25, 0.3) is 0 Å². The highest BCUT2D eigenvalue weighted by Gasteiger charge is 2.20. The van der Waals surface area contributed by atoms with Crippen LogP contribution in [0.4, 0.5) is 10.8 Å². The van der Waals surface area contributed by atoms with Gasteiger partial charge in [-0.15, -0.1) is 11.3 Å². The van der Waals surface area contributed by atoms with Crippen molar-refractivity contribution in [3.05, 3.63) is 35.6 Å². The van der Waals surface area contributed by atoms with Crippen LogP contribution in [0.3, 0.4) is 0 Å². The lowest BCUT2D eigenvalue weighted by atomic mass is 10.1. The predicted octanol–water partition coefficient (Wildman–Crippen LogP) is 2.49. The molecule has 0 atom stereocenters. The van der Waals surface area contributed by atoms with Gasteiger partial charge < -0.3 is 10.2 Å². The summed E-state index contributed by atoms with van der Waals surface area (Å²) >= 11 is 1.79. The molecule has 2 aromatic rings. The first-order valence-electron chi connectivity index (χ1n) is 6.62. The van der Waals surface area contributed by atoms with E-state index in [1.54, 1.807) is 17.5 Å². The Morgan fingerprint density at radius 3 is 2.75 bits per heavy atom. The van der Waals surface area contributed by atoms with Crippen LogP contribution in [0.15, 0.2) is 29.9 Å². The summed E-state index contributed by atoms with van der Waals surface area (Å²) in [5, 5.41) is 15.5. The Hall–Kier alpha value is -2.13. The summed E-state index contributed by atoms with van der Waals surface area (Å²) in [6.07, 6.45) is 5.30. The van der Waals surface area contributed by atoms with Crippen LogP contribution in [0, 0.1) is 11.3 Å². The Morgan fingerprint density at radius 2 is 2.15 bits per heavy atom. The van der Waals surface area contributed by atoms with Crippen molar-refractivity contribution in [1.82, 2.24) is 9.97 Å². The highest BCUT2D eigenvalue weighted by Crippen LogP contribution is 2.25. The molecule has 6 heteroatoms. The fourth-order valence-electron chi connectivity index (χ4n) is 2.36. The molecule has 0 aromatic carbocycles. The Balaban J connectivity index is 1.54. The topological polar surface area (TPSA) is 64.8 Å². The fraction of sp³-hybridized carbons (Fsp3) is 0.357. The predicted molar refractivity (Wildman–Crippen MR) is 79.9 cm³/mol. The molecule has 0 unspecified atom stereocenters. The van der Waals surface area contributed by atoms with Crippen LogP contribution in [-0.4, -0.2) is 29.1 Å². The SMILES string of the molecule is N#Cc1cnc(NC2CCN(c3cccs3)CC2)cn1. The van der Waals surface area contributed by atoms with Gasteiger partial charge in [-0.1, -0.05) is 0 Å². The number of anilines is 2. The molecule has 1 fully saturated rings. The van der Waals surface area contributed by atoms with Gasteiger partial charge in [-0.3, -0.25) is 0 Å². The minimum atomic E-state index is 0.350. The molecule has 3 heterocycles. The number of thiophene rings is 1. The first-order chi connectivity index (χ1) is 9.85. The van der Waals surface area contributed by atoms with Gasteiger partial charge >= 0.3 is 0 Å². The minimum absolute atomic E-state index is 0.350. The summed E-state index contributed by atoms with van der Waals surface area (Å²) in [6, 6.07) is 6.66. The molecule has 0 radical (unpaired) electrons. The molecule has 1 N–H and O–H groups in total. The second-order valence-corrected chi connectivity index (χ2v) is 5.68. The lowest BCUT2D eigenvalue weighted by Gasteiger charge is -2.33. The smallest absolute Gasteiger partial charge is 0.158 e. The van der Waals surface area contributed by atoms with Crippen LogP contribution >= 0.6 is 11.3 Å². The van der Waals surface area contributed by atoms with Gasteiger partial charge in [0.25, 0.3) is 0 Å². The van der Waals surface area contributed by atoms with Crippen molar-refractivity contribution < 1.29 is 0 Å². The normalized spacial score (nSPS) is 15.8. The van der Waals surface area contributed by atoms with Gasteiger partial charge in [-0.05, 0) is 30.4 Å². The van der Waals surface area contributed by atoms with Gasteiger partial charge in [0, 0.05) is 19.1 Å². The van der Waals surface area contributed by atoms with Crippen LogP contribution < -0.4 is 10.2 Å². The van der Waals surface area contributed by atoms with Gasteiger partial charge in [0.05, 0.1) is 17.4 Å². The summed E-state index contributed by atoms with van der Waals surface area (Å²) in [6.45, 7) is 2.11. The Labute approximate surface area is 121 Å². The highest BCUT2D eigenvalue weighted by molar-refractivity contribution is 7.14. The van der Waals surface area contributed by atoms with E-state index in [9.17, 15) is 0 Å². The summed E-state index contributed by atoms with van der Waals surface area (Å²) in [5.74, 6) is 0.749. The largest absolute Gasteiger partial charge is 0.366 e. The van der Waals surface area contributed by atoms with Gasteiger partial charge in [-0.25, -0.2) is 9.97 Å². The number of hydrogen-bond donors (Lipinski definition) is 1.